The lowest BCUT2D eigenvalue weighted by molar-refractivity contribution is -0.137. The van der Waals surface area contributed by atoms with E-state index in [4.69, 9.17) is 0 Å². The first kappa shape index (κ1) is 19.6. The van der Waals surface area contributed by atoms with Gasteiger partial charge in [0.25, 0.3) is 0 Å². The number of rotatable bonds is 4. The zero-order valence-corrected chi connectivity index (χ0v) is 14.9. The highest BCUT2D eigenvalue weighted by molar-refractivity contribution is 5.94. The van der Waals surface area contributed by atoms with Crippen LogP contribution in [0.4, 0.5) is 13.2 Å². The molecule has 0 atom stereocenters. The topological polar surface area (TPSA) is 62.3 Å². The number of hydrogen-bond acceptors (Lipinski definition) is 3. The van der Waals surface area contributed by atoms with E-state index in [1.807, 2.05) is 6.07 Å². The Bertz CT molecular complexity index is 892. The Morgan fingerprint density at radius 2 is 1.89 bits per heavy atom. The molecule has 0 spiro atoms. The van der Waals surface area contributed by atoms with Gasteiger partial charge in [0.05, 0.1) is 12.1 Å². The first-order chi connectivity index (χ1) is 13.3. The van der Waals surface area contributed by atoms with Crippen molar-refractivity contribution in [3.05, 3.63) is 71.1 Å². The molecule has 2 amide bonds. The quantitative estimate of drug-likeness (QED) is 0.818. The Kier molecular flexibility index (Phi) is 5.77. The number of benzene rings is 1. The van der Waals surface area contributed by atoms with Crippen molar-refractivity contribution in [2.24, 2.45) is 0 Å². The number of amides is 2. The fraction of sp³-hybridized carbons (Fsp3) is 0.250. The first-order valence-electron chi connectivity index (χ1n) is 8.65. The van der Waals surface area contributed by atoms with Crippen LogP contribution in [0, 0.1) is 0 Å². The summed E-state index contributed by atoms with van der Waals surface area (Å²) in [7, 11) is 0. The van der Waals surface area contributed by atoms with Crippen LogP contribution in [0.25, 0.3) is 6.08 Å². The molecule has 0 saturated carbocycles. The van der Waals surface area contributed by atoms with Crippen molar-refractivity contribution in [2.75, 3.05) is 13.1 Å². The number of nitrogens with zero attached hydrogens (tertiary/aromatic N) is 2. The maximum atomic E-state index is 12.5. The normalized spacial score (nSPS) is 14.0. The van der Waals surface area contributed by atoms with Crippen LogP contribution in [-0.4, -0.2) is 34.8 Å². The molecule has 3 rings (SSSR count). The van der Waals surface area contributed by atoms with Crippen LogP contribution in [-0.2, 0) is 28.7 Å². The molecule has 0 radical (unpaired) electrons. The number of halogens is 3. The van der Waals surface area contributed by atoms with Crippen LogP contribution in [0.5, 0.6) is 0 Å². The molecule has 0 saturated heterocycles. The molecular weight excluding hydrogens is 371 g/mol. The zero-order chi connectivity index (χ0) is 20.1. The summed E-state index contributed by atoms with van der Waals surface area (Å²) >= 11 is 0. The zero-order valence-electron chi connectivity index (χ0n) is 14.9. The number of hydrogen-bond donors (Lipinski definition) is 1. The minimum Gasteiger partial charge on any atom is -0.343 e. The molecule has 1 aromatic carbocycles. The van der Waals surface area contributed by atoms with Crippen LogP contribution in [0.15, 0.2) is 48.8 Å². The van der Waals surface area contributed by atoms with Gasteiger partial charge >= 0.3 is 6.18 Å². The molecule has 0 bridgehead atoms. The number of pyridine rings is 1. The molecular formula is C20H18F3N3O2. The largest absolute Gasteiger partial charge is 0.416 e. The van der Waals surface area contributed by atoms with E-state index in [1.165, 1.54) is 29.8 Å². The Morgan fingerprint density at radius 3 is 2.61 bits per heavy atom. The second-order valence-corrected chi connectivity index (χ2v) is 6.38. The maximum Gasteiger partial charge on any atom is 0.416 e. The Labute approximate surface area is 159 Å². The van der Waals surface area contributed by atoms with Gasteiger partial charge in [-0.25, -0.2) is 0 Å². The van der Waals surface area contributed by atoms with Gasteiger partial charge in [0.1, 0.15) is 0 Å². The van der Waals surface area contributed by atoms with Crippen molar-refractivity contribution in [3.63, 3.8) is 0 Å². The lowest BCUT2D eigenvalue weighted by Crippen LogP contribution is -2.42. The van der Waals surface area contributed by atoms with E-state index < -0.39 is 17.6 Å². The lowest BCUT2D eigenvalue weighted by atomic mass is 10.0. The molecule has 28 heavy (non-hydrogen) atoms. The number of fused-ring (bicyclic) bond motifs is 1. The van der Waals surface area contributed by atoms with Crippen molar-refractivity contribution in [1.29, 1.82) is 0 Å². The fourth-order valence-electron chi connectivity index (χ4n) is 2.88. The molecule has 8 heteroatoms. The summed E-state index contributed by atoms with van der Waals surface area (Å²) in [6, 6.07) is 6.38. The van der Waals surface area contributed by atoms with Gasteiger partial charge in [-0.05, 0) is 47.4 Å². The van der Waals surface area contributed by atoms with Crippen molar-refractivity contribution in [2.45, 2.75) is 19.1 Å². The molecule has 1 aliphatic rings. The van der Waals surface area contributed by atoms with E-state index in [0.717, 1.165) is 24.1 Å². The average molecular weight is 389 g/mol. The molecule has 0 aliphatic carbocycles. The highest BCUT2D eigenvalue weighted by Crippen LogP contribution is 2.29. The van der Waals surface area contributed by atoms with Gasteiger partial charge in [0.2, 0.25) is 11.8 Å². The maximum absolute atomic E-state index is 12.5. The molecule has 1 aromatic heterocycles. The molecule has 2 aromatic rings. The van der Waals surface area contributed by atoms with Crippen LogP contribution < -0.4 is 5.32 Å². The van der Waals surface area contributed by atoms with E-state index in [1.54, 1.807) is 17.3 Å². The van der Waals surface area contributed by atoms with E-state index in [0.29, 0.717) is 18.7 Å². The third-order valence-corrected chi connectivity index (χ3v) is 4.45. The Morgan fingerprint density at radius 1 is 1.14 bits per heavy atom. The number of alkyl halides is 3. The SMILES string of the molecule is O=C(/C=C/c1ccc(C(F)(F)F)cc1)NCC(=O)N1CCc2ccncc2C1. The van der Waals surface area contributed by atoms with Crippen LogP contribution >= 0.6 is 0 Å². The molecule has 1 aliphatic heterocycles. The van der Waals surface area contributed by atoms with Gasteiger partial charge in [-0.1, -0.05) is 12.1 Å². The smallest absolute Gasteiger partial charge is 0.343 e. The second kappa shape index (κ2) is 8.24. The summed E-state index contributed by atoms with van der Waals surface area (Å²) in [6.45, 7) is 0.887. The standard InChI is InChI=1S/C20H18F3N3O2/c21-20(22,23)17-4-1-14(2-5-17)3-6-18(27)25-12-19(28)26-10-8-15-7-9-24-11-16(15)13-26/h1-7,9,11H,8,10,12-13H2,(H,25,27)/b6-3+. The molecule has 2 heterocycles. The summed E-state index contributed by atoms with van der Waals surface area (Å²) < 4.78 is 37.6. The molecule has 5 nitrogen and oxygen atoms in total. The highest BCUT2D eigenvalue weighted by Gasteiger charge is 2.29. The summed E-state index contributed by atoms with van der Waals surface area (Å²) in [5.41, 5.74) is 1.87. The Balaban J connectivity index is 1.49. The van der Waals surface area contributed by atoms with Crippen LogP contribution in [0.1, 0.15) is 22.3 Å². The predicted octanol–water partition coefficient (Wildman–Crippen LogP) is 2.81. The molecule has 1 N–H and O–H groups in total. The van der Waals surface area contributed by atoms with Crippen molar-refractivity contribution >= 4 is 17.9 Å². The van der Waals surface area contributed by atoms with Gasteiger partial charge < -0.3 is 10.2 Å². The van der Waals surface area contributed by atoms with Gasteiger partial charge in [-0.3, -0.25) is 14.6 Å². The van der Waals surface area contributed by atoms with Crippen molar-refractivity contribution in [1.82, 2.24) is 15.2 Å². The number of carbonyl (C=O) groups is 2. The minimum atomic E-state index is -4.40. The van der Waals surface area contributed by atoms with Gasteiger partial charge in [0.15, 0.2) is 0 Å². The van der Waals surface area contributed by atoms with E-state index in [2.05, 4.69) is 10.3 Å². The minimum absolute atomic E-state index is 0.147. The highest BCUT2D eigenvalue weighted by atomic mass is 19.4. The second-order valence-electron chi connectivity index (χ2n) is 6.38. The average Bonchev–Trinajstić information content (AvgIpc) is 2.69. The summed E-state index contributed by atoms with van der Waals surface area (Å²) in [5, 5.41) is 2.50. The van der Waals surface area contributed by atoms with Crippen LogP contribution in [0.2, 0.25) is 0 Å². The van der Waals surface area contributed by atoms with Crippen molar-refractivity contribution in [3.8, 4) is 0 Å². The number of carbonyl (C=O) groups excluding carboxylic acids is 2. The van der Waals surface area contributed by atoms with Crippen LogP contribution in [0.3, 0.4) is 0 Å². The first-order valence-corrected chi connectivity index (χ1v) is 8.65. The molecule has 0 unspecified atom stereocenters. The number of nitrogens with one attached hydrogen (secondary N) is 1. The summed E-state index contributed by atoms with van der Waals surface area (Å²) in [6.07, 6.45) is 2.38. The van der Waals surface area contributed by atoms with E-state index in [-0.39, 0.29) is 12.5 Å². The monoisotopic (exact) mass is 389 g/mol. The predicted molar refractivity (Wildman–Crippen MR) is 96.8 cm³/mol. The summed E-state index contributed by atoms with van der Waals surface area (Å²) in [5.74, 6) is -0.696. The van der Waals surface area contributed by atoms with Gasteiger partial charge in [-0.15, -0.1) is 0 Å². The Hall–Kier alpha value is -3.16. The van der Waals surface area contributed by atoms with E-state index in [9.17, 15) is 22.8 Å². The summed E-state index contributed by atoms with van der Waals surface area (Å²) in [4.78, 5) is 29.9. The molecule has 146 valence electrons. The van der Waals surface area contributed by atoms with E-state index >= 15 is 0 Å². The fourth-order valence-corrected chi connectivity index (χ4v) is 2.88. The third-order valence-electron chi connectivity index (χ3n) is 4.45. The van der Waals surface area contributed by atoms with Crippen molar-refractivity contribution < 1.29 is 22.8 Å². The number of aromatic nitrogens is 1. The third kappa shape index (κ3) is 4.97. The lowest BCUT2D eigenvalue weighted by Gasteiger charge is -2.28. The molecule has 0 fully saturated rings. The van der Waals surface area contributed by atoms with Gasteiger partial charge in [-0.2, -0.15) is 13.2 Å². The van der Waals surface area contributed by atoms with Gasteiger partial charge in [0, 0.05) is 31.6 Å².